The van der Waals surface area contributed by atoms with Gasteiger partial charge in [0.05, 0.1) is 11.7 Å². The molecule has 6 nitrogen and oxygen atoms in total. The second-order valence-corrected chi connectivity index (χ2v) is 8.02. The molecule has 0 fully saturated rings. The predicted molar refractivity (Wildman–Crippen MR) is 103 cm³/mol. The van der Waals surface area contributed by atoms with Crippen molar-refractivity contribution in [3.8, 4) is 10.6 Å². The number of aromatic nitrogens is 5. The van der Waals surface area contributed by atoms with Crippen molar-refractivity contribution in [2.75, 3.05) is 5.32 Å². The third kappa shape index (κ3) is 3.38. The van der Waals surface area contributed by atoms with E-state index in [9.17, 15) is 17.6 Å². The maximum absolute atomic E-state index is 13.2. The summed E-state index contributed by atoms with van der Waals surface area (Å²) in [5.74, 6) is -1.20. The van der Waals surface area contributed by atoms with Gasteiger partial charge in [0, 0.05) is 10.4 Å². The lowest BCUT2D eigenvalue weighted by Crippen LogP contribution is -2.19. The highest BCUT2D eigenvalue weighted by atomic mass is 32.1. The Kier molecular flexibility index (Phi) is 4.42. The summed E-state index contributed by atoms with van der Waals surface area (Å²) in [6, 6.07) is 8.97. The molecular formula is C19H14F4N6S. The highest BCUT2D eigenvalue weighted by Crippen LogP contribution is 2.38. The van der Waals surface area contributed by atoms with E-state index in [0.717, 1.165) is 40.4 Å². The number of thiazole rings is 1. The molecule has 0 radical (unpaired) electrons. The molecule has 0 saturated carbocycles. The van der Waals surface area contributed by atoms with E-state index in [1.807, 2.05) is 0 Å². The van der Waals surface area contributed by atoms with Gasteiger partial charge >= 0.3 is 6.18 Å². The Morgan fingerprint density at radius 1 is 1.07 bits per heavy atom. The van der Waals surface area contributed by atoms with Gasteiger partial charge in [0.25, 0.3) is 5.82 Å². The minimum absolute atomic E-state index is 0.0180. The molecule has 1 unspecified atom stereocenters. The normalized spacial score (nSPS) is 16.6. The molecule has 0 spiro atoms. The summed E-state index contributed by atoms with van der Waals surface area (Å²) in [5, 5.41) is 14.7. The molecule has 0 aliphatic heterocycles. The third-order valence-corrected chi connectivity index (χ3v) is 6.06. The van der Waals surface area contributed by atoms with Crippen molar-refractivity contribution in [3.05, 3.63) is 58.6 Å². The molecular weight excluding hydrogens is 420 g/mol. The number of benzene rings is 1. The van der Waals surface area contributed by atoms with Crippen LogP contribution in [-0.4, -0.2) is 24.8 Å². The zero-order valence-electron chi connectivity index (χ0n) is 15.3. The van der Waals surface area contributed by atoms with E-state index in [-0.39, 0.29) is 23.3 Å². The molecule has 0 bridgehead atoms. The van der Waals surface area contributed by atoms with Crippen molar-refractivity contribution in [2.24, 2.45) is 0 Å². The fourth-order valence-corrected chi connectivity index (χ4v) is 4.67. The Hall–Kier alpha value is -3.08. The van der Waals surface area contributed by atoms with Crippen molar-refractivity contribution < 1.29 is 17.6 Å². The number of nitrogens with zero attached hydrogens (tertiary/aromatic N) is 5. The van der Waals surface area contributed by atoms with E-state index in [1.54, 1.807) is 29.5 Å². The molecule has 154 valence electrons. The molecule has 3 heterocycles. The van der Waals surface area contributed by atoms with Gasteiger partial charge in [-0.3, -0.25) is 0 Å². The highest BCUT2D eigenvalue weighted by molar-refractivity contribution is 7.15. The van der Waals surface area contributed by atoms with Crippen LogP contribution in [0.4, 0.5) is 23.4 Å². The summed E-state index contributed by atoms with van der Waals surface area (Å²) in [6.45, 7) is 0. The van der Waals surface area contributed by atoms with Gasteiger partial charge in [-0.05, 0) is 55.7 Å². The van der Waals surface area contributed by atoms with Crippen LogP contribution in [-0.2, 0) is 12.6 Å². The molecule has 0 amide bonds. The Morgan fingerprint density at radius 2 is 1.87 bits per heavy atom. The number of nitrogens with one attached hydrogen (secondary N) is 1. The van der Waals surface area contributed by atoms with E-state index in [2.05, 4.69) is 20.6 Å². The molecule has 4 aromatic rings. The average molecular weight is 434 g/mol. The second-order valence-electron chi connectivity index (χ2n) is 6.93. The summed E-state index contributed by atoms with van der Waals surface area (Å²) in [7, 11) is 0. The summed E-state index contributed by atoms with van der Waals surface area (Å²) in [5.41, 5.74) is 1.70. The molecule has 1 aromatic carbocycles. The number of halogens is 4. The zero-order valence-corrected chi connectivity index (χ0v) is 16.1. The van der Waals surface area contributed by atoms with Crippen LogP contribution in [0.2, 0.25) is 0 Å². The molecule has 3 aromatic heterocycles. The van der Waals surface area contributed by atoms with Gasteiger partial charge in [-0.1, -0.05) is 0 Å². The monoisotopic (exact) mass is 434 g/mol. The van der Waals surface area contributed by atoms with Gasteiger partial charge < -0.3 is 5.32 Å². The third-order valence-electron chi connectivity index (χ3n) is 4.88. The number of fused-ring (bicyclic) bond motifs is 2. The molecule has 1 aliphatic rings. The quantitative estimate of drug-likeness (QED) is 0.465. The van der Waals surface area contributed by atoms with E-state index >= 15 is 0 Å². The zero-order chi connectivity index (χ0) is 20.9. The number of hydrogen-bond donors (Lipinski definition) is 1. The number of alkyl halides is 3. The number of rotatable bonds is 3. The van der Waals surface area contributed by atoms with Crippen LogP contribution >= 0.6 is 11.3 Å². The Morgan fingerprint density at radius 3 is 2.63 bits per heavy atom. The van der Waals surface area contributed by atoms with E-state index in [4.69, 9.17) is 4.98 Å². The maximum atomic E-state index is 13.2. The van der Waals surface area contributed by atoms with Gasteiger partial charge in [0.15, 0.2) is 5.65 Å². The van der Waals surface area contributed by atoms with Crippen molar-refractivity contribution >= 4 is 22.8 Å². The Balaban J connectivity index is 1.46. The predicted octanol–water partition coefficient (Wildman–Crippen LogP) is 4.90. The van der Waals surface area contributed by atoms with Gasteiger partial charge in [0.1, 0.15) is 16.6 Å². The maximum Gasteiger partial charge on any atom is 0.453 e. The fraction of sp³-hybridized carbons (Fsp3) is 0.263. The first-order chi connectivity index (χ1) is 14.4. The van der Waals surface area contributed by atoms with Gasteiger partial charge in [0.2, 0.25) is 0 Å². The average Bonchev–Trinajstić information content (AvgIpc) is 3.33. The standard InChI is InChI=1S/C19H14F4N6S/c20-11-6-4-10(5-7-11)17-25-16-12(2-1-3-13(16)30-17)24-14-8-9-15-26-27-18(19(21,22)23)29(15)28-14/h4-9,12H,1-3H2,(H,24,28). The van der Waals surface area contributed by atoms with Crippen LogP contribution in [0.5, 0.6) is 0 Å². The largest absolute Gasteiger partial charge is 0.453 e. The number of anilines is 1. The molecule has 30 heavy (non-hydrogen) atoms. The topological polar surface area (TPSA) is 68.0 Å². The summed E-state index contributed by atoms with van der Waals surface area (Å²) in [4.78, 5) is 5.84. The lowest BCUT2D eigenvalue weighted by atomic mass is 9.97. The highest BCUT2D eigenvalue weighted by Gasteiger charge is 2.37. The molecule has 0 saturated heterocycles. The van der Waals surface area contributed by atoms with Crippen LogP contribution in [0.15, 0.2) is 36.4 Å². The van der Waals surface area contributed by atoms with Crippen molar-refractivity contribution in [2.45, 2.75) is 31.5 Å². The summed E-state index contributed by atoms with van der Waals surface area (Å²) < 4.78 is 53.2. The van der Waals surface area contributed by atoms with Crippen LogP contribution in [0.3, 0.4) is 0 Å². The molecule has 1 N–H and O–H groups in total. The van der Waals surface area contributed by atoms with E-state index in [1.165, 1.54) is 18.2 Å². The Labute approximate surface area is 171 Å². The van der Waals surface area contributed by atoms with Crippen molar-refractivity contribution in [3.63, 3.8) is 0 Å². The lowest BCUT2D eigenvalue weighted by Gasteiger charge is -2.22. The van der Waals surface area contributed by atoms with Gasteiger partial charge in [-0.15, -0.1) is 26.6 Å². The fourth-order valence-electron chi connectivity index (χ4n) is 3.50. The first-order valence-corrected chi connectivity index (χ1v) is 10.0. The van der Waals surface area contributed by atoms with Crippen LogP contribution in [0, 0.1) is 5.82 Å². The second kappa shape index (κ2) is 7.01. The minimum Gasteiger partial charge on any atom is -0.360 e. The van der Waals surface area contributed by atoms with Crippen LogP contribution in [0.1, 0.15) is 35.3 Å². The molecule has 1 aliphatic carbocycles. The van der Waals surface area contributed by atoms with Crippen molar-refractivity contribution in [1.29, 1.82) is 0 Å². The van der Waals surface area contributed by atoms with Crippen molar-refractivity contribution in [1.82, 2.24) is 24.8 Å². The molecule has 11 heteroatoms. The first kappa shape index (κ1) is 18.9. The smallest absolute Gasteiger partial charge is 0.360 e. The molecule has 5 rings (SSSR count). The first-order valence-electron chi connectivity index (χ1n) is 9.20. The summed E-state index contributed by atoms with van der Waals surface area (Å²) in [6.07, 6.45) is -2.09. The van der Waals surface area contributed by atoms with E-state index < -0.39 is 12.0 Å². The van der Waals surface area contributed by atoms with E-state index in [0.29, 0.717) is 4.52 Å². The number of aryl methyl sites for hydroxylation is 1. The van der Waals surface area contributed by atoms with Gasteiger partial charge in [-0.2, -0.15) is 17.7 Å². The number of hydrogen-bond acceptors (Lipinski definition) is 6. The van der Waals surface area contributed by atoms with Crippen LogP contribution in [0.25, 0.3) is 16.2 Å². The minimum atomic E-state index is -4.65. The SMILES string of the molecule is Fc1ccc(-c2nc3c(s2)CCCC3Nc2ccc3nnc(C(F)(F)F)n3n2)cc1. The Bertz CT molecular complexity index is 1210. The molecule has 1 atom stereocenters. The lowest BCUT2D eigenvalue weighted by molar-refractivity contribution is -0.146. The van der Waals surface area contributed by atoms with Gasteiger partial charge in [-0.25, -0.2) is 9.37 Å². The summed E-state index contributed by atoms with van der Waals surface area (Å²) >= 11 is 1.55. The van der Waals surface area contributed by atoms with Crippen LogP contribution < -0.4 is 5.32 Å².